The number of nitrogens with two attached hydrogens (primary N) is 2. The number of esters is 1. The highest BCUT2D eigenvalue weighted by molar-refractivity contribution is 5.84. The van der Waals surface area contributed by atoms with E-state index in [4.69, 9.17) is 39.9 Å². The number of nitrogens with one attached hydrogen (secondary N) is 4. The van der Waals surface area contributed by atoms with Crippen molar-refractivity contribution in [2.45, 2.75) is 84.5 Å². The fraction of sp³-hybridized carbons (Fsp3) is 0.850. The summed E-state index contributed by atoms with van der Waals surface area (Å²) in [5.41, 5.74) is 10.7. The molecule has 8 N–H and O–H groups in total. The largest absolute Gasteiger partial charge is 0.463 e. The first kappa shape index (κ1) is 55.4. The molecule has 3 atom stereocenters. The van der Waals surface area contributed by atoms with Crippen LogP contribution >= 0.6 is 0 Å². The quantitative estimate of drug-likeness (QED) is 0.0369. The Morgan fingerprint density at radius 2 is 1.05 bits per heavy atom. The summed E-state index contributed by atoms with van der Waals surface area (Å²) >= 11 is 0. The zero-order valence-corrected chi connectivity index (χ0v) is 36.3. The molecule has 0 aliphatic carbocycles. The molecule has 0 saturated carbocycles. The Labute approximate surface area is 351 Å². The SMILES string of the molecule is COCCOCCOC(=O)CC(CCCCNC(=O)OCCOCCOC)C(=O)NCCC(=O)N(CCNCCCCC(C)C(N)=O)CCNCCCCC(C)C(N)=O. The van der Waals surface area contributed by atoms with Crippen LogP contribution in [0.5, 0.6) is 0 Å². The molecule has 0 aromatic carbocycles. The number of hydrogen-bond acceptors (Lipinski definition) is 14. The van der Waals surface area contributed by atoms with Crippen LogP contribution in [0.1, 0.15) is 84.5 Å². The summed E-state index contributed by atoms with van der Waals surface area (Å²) in [6.45, 7) is 9.84. The van der Waals surface area contributed by atoms with Crippen molar-refractivity contribution >= 4 is 35.7 Å². The van der Waals surface area contributed by atoms with Crippen molar-refractivity contribution in [1.29, 1.82) is 0 Å². The monoisotopic (exact) mass is 848 g/mol. The Bertz CT molecular complexity index is 1100. The molecule has 344 valence electrons. The van der Waals surface area contributed by atoms with Gasteiger partial charge in [0.15, 0.2) is 0 Å². The minimum absolute atomic E-state index is 0.0391. The predicted molar refractivity (Wildman–Crippen MR) is 222 cm³/mol. The molecule has 0 bridgehead atoms. The molecule has 0 aliphatic heterocycles. The lowest BCUT2D eigenvalue weighted by Crippen LogP contribution is -2.42. The normalized spacial score (nSPS) is 12.6. The van der Waals surface area contributed by atoms with Crippen LogP contribution in [0.15, 0.2) is 0 Å². The van der Waals surface area contributed by atoms with Crippen molar-refractivity contribution in [2.24, 2.45) is 29.2 Å². The van der Waals surface area contributed by atoms with E-state index in [0.29, 0.717) is 78.4 Å². The highest BCUT2D eigenvalue weighted by Gasteiger charge is 2.23. The van der Waals surface area contributed by atoms with E-state index in [1.165, 1.54) is 0 Å². The lowest BCUT2D eigenvalue weighted by atomic mass is 9.97. The molecule has 0 saturated heterocycles. The van der Waals surface area contributed by atoms with Gasteiger partial charge in [0.1, 0.15) is 13.2 Å². The second-order valence-electron chi connectivity index (χ2n) is 14.4. The molecule has 0 aliphatic rings. The van der Waals surface area contributed by atoms with Gasteiger partial charge in [-0.3, -0.25) is 24.0 Å². The van der Waals surface area contributed by atoms with Crippen molar-refractivity contribution in [3.05, 3.63) is 0 Å². The number of amides is 5. The topological polar surface area (TPSA) is 261 Å². The van der Waals surface area contributed by atoms with Gasteiger partial charge < -0.3 is 66.1 Å². The number of carbonyl (C=O) groups is 6. The summed E-state index contributed by atoms with van der Waals surface area (Å²) in [7, 11) is 3.13. The van der Waals surface area contributed by atoms with E-state index in [0.717, 1.165) is 51.6 Å². The van der Waals surface area contributed by atoms with Crippen molar-refractivity contribution in [2.75, 3.05) is 119 Å². The number of unbranched alkanes of at least 4 members (excludes halogenated alkanes) is 3. The Balaban J connectivity index is 5.09. The fourth-order valence-electron chi connectivity index (χ4n) is 5.56. The van der Waals surface area contributed by atoms with E-state index in [2.05, 4.69) is 21.3 Å². The van der Waals surface area contributed by atoms with Crippen LogP contribution in [0.4, 0.5) is 4.79 Å². The van der Waals surface area contributed by atoms with Crippen molar-refractivity contribution < 1.29 is 57.2 Å². The summed E-state index contributed by atoms with van der Waals surface area (Å²) < 4.78 is 30.8. The number of methoxy groups -OCH3 is 2. The summed E-state index contributed by atoms with van der Waals surface area (Å²) in [5.74, 6) is -2.65. The van der Waals surface area contributed by atoms with Crippen LogP contribution < -0.4 is 32.7 Å². The Hall–Kier alpha value is -3.62. The van der Waals surface area contributed by atoms with Crippen molar-refractivity contribution in [3.8, 4) is 0 Å². The molecule has 19 heteroatoms. The van der Waals surface area contributed by atoms with Crippen molar-refractivity contribution in [3.63, 3.8) is 0 Å². The molecule has 0 spiro atoms. The number of alkyl carbamates (subject to hydrolysis) is 1. The molecule has 0 aromatic rings. The smallest absolute Gasteiger partial charge is 0.407 e. The van der Waals surface area contributed by atoms with Gasteiger partial charge in [0.2, 0.25) is 23.6 Å². The molecular weight excluding hydrogens is 770 g/mol. The third kappa shape index (κ3) is 33.9. The fourth-order valence-corrected chi connectivity index (χ4v) is 5.56. The van der Waals surface area contributed by atoms with Gasteiger partial charge in [-0.05, 0) is 51.6 Å². The Kier molecular flexibility index (Phi) is 36.2. The van der Waals surface area contributed by atoms with Crippen LogP contribution in [0.2, 0.25) is 0 Å². The number of rotatable bonds is 41. The van der Waals surface area contributed by atoms with Crippen LogP contribution in [0, 0.1) is 17.8 Å². The molecular formula is C40H77N7O12. The Morgan fingerprint density at radius 3 is 1.58 bits per heavy atom. The van der Waals surface area contributed by atoms with Gasteiger partial charge >= 0.3 is 12.1 Å². The van der Waals surface area contributed by atoms with Crippen LogP contribution in [-0.4, -0.2) is 160 Å². The number of hydrogen-bond donors (Lipinski definition) is 6. The number of primary amides is 2. The molecule has 0 aromatic heterocycles. The van der Waals surface area contributed by atoms with E-state index in [1.54, 1.807) is 19.1 Å². The van der Waals surface area contributed by atoms with Gasteiger partial charge in [-0.2, -0.15) is 0 Å². The summed E-state index contributed by atoms with van der Waals surface area (Å²) in [5, 5.41) is 12.2. The average Bonchev–Trinajstić information content (AvgIpc) is 3.20. The maximum Gasteiger partial charge on any atom is 0.407 e. The second-order valence-corrected chi connectivity index (χ2v) is 14.4. The van der Waals surface area contributed by atoms with E-state index in [-0.39, 0.29) is 81.3 Å². The molecule has 5 amide bonds. The molecule has 0 fully saturated rings. The zero-order valence-electron chi connectivity index (χ0n) is 36.3. The van der Waals surface area contributed by atoms with Crippen molar-refractivity contribution in [1.82, 2.24) is 26.2 Å². The third-order valence-electron chi connectivity index (χ3n) is 9.41. The first-order valence-electron chi connectivity index (χ1n) is 21.2. The minimum Gasteiger partial charge on any atom is -0.463 e. The lowest BCUT2D eigenvalue weighted by molar-refractivity contribution is -0.148. The Morgan fingerprint density at radius 1 is 0.559 bits per heavy atom. The summed E-state index contributed by atoms with van der Waals surface area (Å²) in [6.07, 6.45) is 5.71. The highest BCUT2D eigenvalue weighted by Crippen LogP contribution is 2.15. The predicted octanol–water partition coefficient (Wildman–Crippen LogP) is 0.856. The molecule has 0 heterocycles. The lowest BCUT2D eigenvalue weighted by Gasteiger charge is -2.24. The standard InChI is InChI=1S/C40H77N7O12/c1-32(37(41)50)11-5-8-15-43-19-21-47(22-20-44-16-9-6-12-33(2)38(42)51)35(48)14-18-45-39(52)34(31-36(49)58-29-27-56-25-23-54-3)13-7-10-17-46-40(53)59-30-28-57-26-24-55-4/h32-34,43-44H,5-31H2,1-4H3,(H2,41,50)(H2,42,51)(H,45,52)(H,46,53). The van der Waals surface area contributed by atoms with E-state index in [1.807, 2.05) is 13.8 Å². The number of carbonyl (C=O) groups excluding carboxylic acids is 6. The first-order valence-corrected chi connectivity index (χ1v) is 21.2. The molecule has 19 nitrogen and oxygen atoms in total. The van der Waals surface area contributed by atoms with Gasteiger partial charge in [-0.15, -0.1) is 0 Å². The van der Waals surface area contributed by atoms with Gasteiger partial charge in [-0.1, -0.05) is 33.1 Å². The van der Waals surface area contributed by atoms with E-state index >= 15 is 0 Å². The van der Waals surface area contributed by atoms with Gasteiger partial charge in [-0.25, -0.2) is 4.79 Å². The zero-order chi connectivity index (χ0) is 43.9. The molecule has 59 heavy (non-hydrogen) atoms. The first-order chi connectivity index (χ1) is 28.4. The molecule has 0 radical (unpaired) electrons. The van der Waals surface area contributed by atoms with E-state index < -0.39 is 18.0 Å². The third-order valence-corrected chi connectivity index (χ3v) is 9.41. The highest BCUT2D eigenvalue weighted by atomic mass is 16.6. The maximum atomic E-state index is 13.4. The van der Waals surface area contributed by atoms with Crippen LogP contribution in [0.25, 0.3) is 0 Å². The van der Waals surface area contributed by atoms with Gasteiger partial charge in [0.05, 0.1) is 46.1 Å². The van der Waals surface area contributed by atoms with E-state index in [9.17, 15) is 28.8 Å². The number of nitrogens with zero attached hydrogens (tertiary/aromatic N) is 1. The van der Waals surface area contributed by atoms with Gasteiger partial charge in [0.25, 0.3) is 0 Å². The summed E-state index contributed by atoms with van der Waals surface area (Å²) in [6, 6.07) is 0. The van der Waals surface area contributed by atoms with Gasteiger partial charge in [0, 0.05) is 77.7 Å². The maximum absolute atomic E-state index is 13.4. The van der Waals surface area contributed by atoms with Crippen LogP contribution in [-0.2, 0) is 52.4 Å². The average molecular weight is 848 g/mol. The molecule has 3 unspecified atom stereocenters. The minimum atomic E-state index is -0.704. The summed E-state index contributed by atoms with van der Waals surface area (Å²) in [4.78, 5) is 75.7. The molecule has 0 rings (SSSR count). The second kappa shape index (κ2) is 38.6. The van der Waals surface area contributed by atoms with Crippen LogP contribution in [0.3, 0.4) is 0 Å². The number of ether oxygens (including phenoxy) is 6.